The molecule has 0 aromatic heterocycles. The summed E-state index contributed by atoms with van der Waals surface area (Å²) in [5, 5.41) is 17.9. The van der Waals surface area contributed by atoms with Crippen molar-refractivity contribution < 1.29 is 24.5 Å². The molecule has 0 aromatic rings. The lowest BCUT2D eigenvalue weighted by Gasteiger charge is -2.21. The Labute approximate surface area is 92.0 Å². The van der Waals surface area contributed by atoms with Crippen molar-refractivity contribution in [1.82, 2.24) is 0 Å². The second-order valence-corrected chi connectivity index (χ2v) is 3.41. The van der Waals surface area contributed by atoms with Gasteiger partial charge < -0.3 is 20.7 Å². The maximum absolute atomic E-state index is 11.5. The Bertz CT molecular complexity index is 360. The molecule has 6 nitrogen and oxygen atoms in total. The molecular formula is C10H13NO5. The number of esters is 1. The van der Waals surface area contributed by atoms with Crippen LogP contribution in [0, 0.1) is 0 Å². The first kappa shape index (κ1) is 12.4. The number of allylic oxidation sites excluding steroid dienone is 2. The Morgan fingerprint density at radius 3 is 2.75 bits per heavy atom. The van der Waals surface area contributed by atoms with Crippen molar-refractivity contribution in [3.63, 3.8) is 0 Å². The topological polar surface area (TPSA) is 110 Å². The lowest BCUT2D eigenvalue weighted by Crippen LogP contribution is -2.40. The molecule has 0 aliphatic heterocycles. The number of carboxylic acids is 1. The highest BCUT2D eigenvalue weighted by Gasteiger charge is 2.28. The normalized spacial score (nSPS) is 25.8. The fraction of sp³-hybridized carbons (Fsp3) is 0.400. The Morgan fingerprint density at radius 2 is 2.19 bits per heavy atom. The number of aliphatic hydroxyl groups excluding tert-OH is 1. The molecule has 16 heavy (non-hydrogen) atoms. The van der Waals surface area contributed by atoms with Crippen molar-refractivity contribution in [2.75, 3.05) is 0 Å². The van der Waals surface area contributed by atoms with Crippen LogP contribution in [0.25, 0.3) is 0 Å². The molecule has 0 spiro atoms. The van der Waals surface area contributed by atoms with Crippen LogP contribution in [0.2, 0.25) is 0 Å². The van der Waals surface area contributed by atoms with E-state index in [9.17, 15) is 14.7 Å². The molecule has 1 aliphatic carbocycles. The van der Waals surface area contributed by atoms with Crippen molar-refractivity contribution >= 4 is 11.9 Å². The molecular weight excluding hydrogens is 214 g/mol. The van der Waals surface area contributed by atoms with Gasteiger partial charge in [0, 0.05) is 0 Å². The van der Waals surface area contributed by atoms with Gasteiger partial charge in [-0.2, -0.15) is 0 Å². The minimum Gasteiger partial charge on any atom is -0.479 e. The Hall–Kier alpha value is -1.66. The van der Waals surface area contributed by atoms with E-state index in [4.69, 9.17) is 10.8 Å². The number of hydrogen-bond donors (Lipinski definition) is 3. The molecule has 3 atom stereocenters. The van der Waals surface area contributed by atoms with Gasteiger partial charge in [0.1, 0.15) is 0 Å². The summed E-state index contributed by atoms with van der Waals surface area (Å²) in [6.45, 7) is 1.24. The van der Waals surface area contributed by atoms with Crippen LogP contribution in [0.15, 0.2) is 23.8 Å². The van der Waals surface area contributed by atoms with Gasteiger partial charge in [-0.15, -0.1) is 0 Å². The molecule has 0 saturated carbocycles. The zero-order valence-electron chi connectivity index (χ0n) is 8.66. The van der Waals surface area contributed by atoms with Crippen molar-refractivity contribution in [1.29, 1.82) is 0 Å². The van der Waals surface area contributed by atoms with Gasteiger partial charge >= 0.3 is 11.9 Å². The fourth-order valence-electron chi connectivity index (χ4n) is 1.17. The monoisotopic (exact) mass is 227 g/mol. The number of rotatable bonds is 3. The quantitative estimate of drug-likeness (QED) is 0.544. The molecule has 0 radical (unpaired) electrons. The minimum atomic E-state index is -1.25. The third-order valence-corrected chi connectivity index (χ3v) is 2.18. The van der Waals surface area contributed by atoms with Gasteiger partial charge in [0.25, 0.3) is 0 Å². The predicted molar refractivity (Wildman–Crippen MR) is 54.4 cm³/mol. The van der Waals surface area contributed by atoms with Gasteiger partial charge in [-0.05, 0) is 6.92 Å². The van der Waals surface area contributed by atoms with Crippen LogP contribution >= 0.6 is 0 Å². The van der Waals surface area contributed by atoms with E-state index in [0.717, 1.165) is 0 Å². The van der Waals surface area contributed by atoms with E-state index in [2.05, 4.69) is 4.74 Å². The average molecular weight is 227 g/mol. The Morgan fingerprint density at radius 1 is 1.56 bits per heavy atom. The van der Waals surface area contributed by atoms with E-state index in [1.54, 1.807) is 0 Å². The molecule has 0 fully saturated rings. The zero-order chi connectivity index (χ0) is 12.3. The summed E-state index contributed by atoms with van der Waals surface area (Å²) in [5.41, 5.74) is 5.62. The lowest BCUT2D eigenvalue weighted by molar-refractivity contribution is -0.160. The Balaban J connectivity index is 2.71. The van der Waals surface area contributed by atoms with Crippen molar-refractivity contribution in [2.24, 2.45) is 5.73 Å². The van der Waals surface area contributed by atoms with Crippen molar-refractivity contribution in [2.45, 2.75) is 25.2 Å². The molecule has 6 heteroatoms. The smallest absolute Gasteiger partial charge is 0.344 e. The summed E-state index contributed by atoms with van der Waals surface area (Å²) in [6, 6.07) is -0.890. The third kappa shape index (κ3) is 2.68. The van der Waals surface area contributed by atoms with Crippen LogP contribution in [0.5, 0.6) is 0 Å². The first-order valence-corrected chi connectivity index (χ1v) is 4.69. The maximum atomic E-state index is 11.5. The van der Waals surface area contributed by atoms with Gasteiger partial charge in [-0.3, -0.25) is 0 Å². The van der Waals surface area contributed by atoms with Crippen LogP contribution in [0.3, 0.4) is 0 Å². The number of ether oxygens (including phenoxy) is 1. The molecule has 0 unspecified atom stereocenters. The highest BCUT2D eigenvalue weighted by atomic mass is 16.6. The highest BCUT2D eigenvalue weighted by Crippen LogP contribution is 2.14. The number of nitrogens with two attached hydrogens (primary N) is 1. The Kier molecular flexibility index (Phi) is 3.81. The summed E-state index contributed by atoms with van der Waals surface area (Å²) in [6.07, 6.45) is 2.09. The SMILES string of the molecule is C[C@@H](OC(=O)C1=CC=C[C@@H](O)[C@@H]1N)C(=O)O. The van der Waals surface area contributed by atoms with E-state index in [0.29, 0.717) is 0 Å². The highest BCUT2D eigenvalue weighted by molar-refractivity contribution is 5.92. The zero-order valence-corrected chi connectivity index (χ0v) is 8.66. The summed E-state index contributed by atoms with van der Waals surface area (Å²) >= 11 is 0. The van der Waals surface area contributed by atoms with E-state index in [1.807, 2.05) is 0 Å². The predicted octanol–water partition coefficient (Wildman–Crippen LogP) is -0.813. The summed E-state index contributed by atoms with van der Waals surface area (Å²) < 4.78 is 4.64. The second-order valence-electron chi connectivity index (χ2n) is 3.41. The first-order chi connectivity index (χ1) is 7.43. The van der Waals surface area contributed by atoms with Crippen molar-refractivity contribution in [3.05, 3.63) is 23.8 Å². The second kappa shape index (κ2) is 4.91. The third-order valence-electron chi connectivity index (χ3n) is 2.18. The van der Waals surface area contributed by atoms with Crippen molar-refractivity contribution in [3.8, 4) is 0 Å². The standard InChI is InChI=1S/C10H13NO5/c1-5(9(13)14)16-10(15)6-3-2-4-7(12)8(6)11/h2-5,7-8,12H,11H2,1H3,(H,13,14)/t5-,7-,8-/m1/s1. The van der Waals surface area contributed by atoms with Gasteiger partial charge in [0.2, 0.25) is 0 Å². The van der Waals surface area contributed by atoms with Crippen LogP contribution in [0.1, 0.15) is 6.92 Å². The molecule has 0 aromatic carbocycles. The molecule has 1 rings (SSSR count). The number of aliphatic hydroxyl groups is 1. The summed E-state index contributed by atoms with van der Waals surface area (Å²) in [7, 11) is 0. The van der Waals surface area contributed by atoms with Gasteiger partial charge in [-0.1, -0.05) is 18.2 Å². The number of hydrogen-bond acceptors (Lipinski definition) is 5. The van der Waals surface area contributed by atoms with Crippen LogP contribution in [-0.2, 0) is 14.3 Å². The molecule has 0 heterocycles. The van der Waals surface area contributed by atoms with E-state index >= 15 is 0 Å². The number of carbonyl (C=O) groups excluding carboxylic acids is 1. The number of carboxylic acid groups (broad SMARTS) is 1. The van der Waals surface area contributed by atoms with Gasteiger partial charge in [0.15, 0.2) is 6.10 Å². The van der Waals surface area contributed by atoms with E-state index in [1.165, 1.54) is 25.2 Å². The van der Waals surface area contributed by atoms with E-state index in [-0.39, 0.29) is 5.57 Å². The van der Waals surface area contributed by atoms with Crippen LogP contribution in [-0.4, -0.2) is 40.4 Å². The maximum Gasteiger partial charge on any atom is 0.344 e. The largest absolute Gasteiger partial charge is 0.479 e. The summed E-state index contributed by atoms with van der Waals surface area (Å²) in [4.78, 5) is 22.0. The fourth-order valence-corrected chi connectivity index (χ4v) is 1.17. The molecule has 0 saturated heterocycles. The summed E-state index contributed by atoms with van der Waals surface area (Å²) in [5.74, 6) is -2.07. The molecule has 88 valence electrons. The van der Waals surface area contributed by atoms with Crippen LogP contribution < -0.4 is 5.73 Å². The average Bonchev–Trinajstić information content (AvgIpc) is 2.21. The molecule has 4 N–H and O–H groups in total. The molecule has 0 bridgehead atoms. The van der Waals surface area contributed by atoms with Gasteiger partial charge in [-0.25, -0.2) is 9.59 Å². The number of aliphatic carboxylic acids is 1. The van der Waals surface area contributed by atoms with E-state index < -0.39 is 30.2 Å². The minimum absolute atomic E-state index is 0.0584. The first-order valence-electron chi connectivity index (χ1n) is 4.69. The van der Waals surface area contributed by atoms with Crippen LogP contribution in [0.4, 0.5) is 0 Å². The molecule has 0 amide bonds. The molecule has 1 aliphatic rings. The van der Waals surface area contributed by atoms with Gasteiger partial charge in [0.05, 0.1) is 17.7 Å². The lowest BCUT2D eigenvalue weighted by atomic mass is 9.97. The number of carbonyl (C=O) groups is 2.